The molecule has 112 valence electrons. The van der Waals surface area contributed by atoms with Crippen molar-refractivity contribution in [1.82, 2.24) is 9.97 Å². The second kappa shape index (κ2) is 6.53. The summed E-state index contributed by atoms with van der Waals surface area (Å²) in [5.74, 6) is 1.80. The van der Waals surface area contributed by atoms with Crippen molar-refractivity contribution < 1.29 is 4.74 Å². The van der Waals surface area contributed by atoms with Gasteiger partial charge in [-0.25, -0.2) is 9.97 Å². The average Bonchev–Trinajstić information content (AvgIpc) is 2.46. The van der Waals surface area contributed by atoms with Crippen LogP contribution >= 0.6 is 0 Å². The second-order valence-corrected chi connectivity index (χ2v) is 5.72. The number of nitrogens with zero attached hydrogens (tertiary/aromatic N) is 2. The molecule has 1 aliphatic heterocycles. The summed E-state index contributed by atoms with van der Waals surface area (Å²) in [5, 5.41) is 3.59. The first kappa shape index (κ1) is 15.2. The molecule has 2 heterocycles. The van der Waals surface area contributed by atoms with Crippen LogP contribution in [0.15, 0.2) is 6.07 Å². The molecule has 1 saturated heterocycles. The van der Waals surface area contributed by atoms with E-state index in [-0.39, 0.29) is 5.60 Å². The van der Waals surface area contributed by atoms with E-state index in [1.165, 1.54) is 0 Å². The van der Waals surface area contributed by atoms with Crippen molar-refractivity contribution in [2.24, 2.45) is 0 Å². The maximum absolute atomic E-state index is 6.03. The fourth-order valence-electron chi connectivity index (χ4n) is 2.99. The van der Waals surface area contributed by atoms with Crippen LogP contribution in [0.25, 0.3) is 0 Å². The first-order valence-electron chi connectivity index (χ1n) is 7.86. The van der Waals surface area contributed by atoms with Gasteiger partial charge in [0, 0.05) is 24.4 Å². The molecule has 1 unspecified atom stereocenters. The number of aromatic nitrogens is 2. The Morgan fingerprint density at radius 3 is 2.70 bits per heavy atom. The quantitative estimate of drug-likeness (QED) is 0.895. The lowest BCUT2D eigenvalue weighted by atomic mass is 9.86. The Hall–Kier alpha value is -1.16. The third-order valence-corrected chi connectivity index (χ3v) is 4.39. The molecule has 1 aromatic rings. The van der Waals surface area contributed by atoms with Gasteiger partial charge in [-0.2, -0.15) is 0 Å². The molecule has 2 rings (SSSR count). The van der Waals surface area contributed by atoms with Gasteiger partial charge >= 0.3 is 0 Å². The zero-order valence-corrected chi connectivity index (χ0v) is 13.2. The van der Waals surface area contributed by atoms with Gasteiger partial charge in [0.15, 0.2) is 0 Å². The van der Waals surface area contributed by atoms with Gasteiger partial charge in [0.2, 0.25) is 0 Å². The lowest BCUT2D eigenvalue weighted by Gasteiger charge is -2.40. The normalized spacial score (nSPS) is 21.7. The van der Waals surface area contributed by atoms with Crippen molar-refractivity contribution in [3.8, 4) is 0 Å². The molecule has 0 aliphatic carbocycles. The third-order valence-electron chi connectivity index (χ3n) is 4.39. The number of hydrogen-bond donors (Lipinski definition) is 1. The van der Waals surface area contributed by atoms with Crippen LogP contribution in [0.5, 0.6) is 0 Å². The average molecular weight is 277 g/mol. The standard InChI is InChI=1S/C16H27N3O/c1-5-13-10-15(18-12(4)17-13)19-14-8-9-20-16(6-2,7-3)11-14/h10,14H,5-9,11H2,1-4H3,(H,17,18,19). The predicted molar refractivity (Wildman–Crippen MR) is 82.1 cm³/mol. The Bertz CT molecular complexity index is 443. The van der Waals surface area contributed by atoms with Gasteiger partial charge in [-0.15, -0.1) is 0 Å². The van der Waals surface area contributed by atoms with Crippen LogP contribution in [-0.2, 0) is 11.2 Å². The zero-order valence-electron chi connectivity index (χ0n) is 13.2. The summed E-state index contributed by atoms with van der Waals surface area (Å²) in [4.78, 5) is 8.94. The van der Waals surface area contributed by atoms with E-state index in [2.05, 4.69) is 42.1 Å². The monoisotopic (exact) mass is 277 g/mol. The van der Waals surface area contributed by atoms with E-state index >= 15 is 0 Å². The number of anilines is 1. The van der Waals surface area contributed by atoms with Gasteiger partial charge < -0.3 is 10.1 Å². The first-order chi connectivity index (χ1) is 9.60. The van der Waals surface area contributed by atoms with E-state index in [0.29, 0.717) is 6.04 Å². The van der Waals surface area contributed by atoms with Gasteiger partial charge in [0.25, 0.3) is 0 Å². The van der Waals surface area contributed by atoms with Crippen molar-refractivity contribution >= 4 is 5.82 Å². The van der Waals surface area contributed by atoms with Gasteiger partial charge in [0.1, 0.15) is 11.6 Å². The Morgan fingerprint density at radius 2 is 2.05 bits per heavy atom. The van der Waals surface area contributed by atoms with Gasteiger partial charge in [0.05, 0.1) is 5.60 Å². The molecular weight excluding hydrogens is 250 g/mol. The number of aryl methyl sites for hydroxylation is 2. The molecule has 0 bridgehead atoms. The van der Waals surface area contributed by atoms with Gasteiger partial charge in [-0.05, 0) is 39.0 Å². The van der Waals surface area contributed by atoms with Crippen LogP contribution in [0, 0.1) is 6.92 Å². The summed E-state index contributed by atoms with van der Waals surface area (Å²) >= 11 is 0. The molecule has 1 N–H and O–H groups in total. The van der Waals surface area contributed by atoms with E-state index in [0.717, 1.165) is 56.0 Å². The highest BCUT2D eigenvalue weighted by atomic mass is 16.5. The summed E-state index contributed by atoms with van der Waals surface area (Å²) in [5.41, 5.74) is 1.15. The van der Waals surface area contributed by atoms with Crippen LogP contribution in [-0.4, -0.2) is 28.2 Å². The summed E-state index contributed by atoms with van der Waals surface area (Å²) in [7, 11) is 0. The van der Waals surface area contributed by atoms with E-state index in [4.69, 9.17) is 4.74 Å². The highest BCUT2D eigenvalue weighted by Gasteiger charge is 2.34. The minimum absolute atomic E-state index is 0.0472. The topological polar surface area (TPSA) is 47.0 Å². The highest BCUT2D eigenvalue weighted by molar-refractivity contribution is 5.37. The predicted octanol–water partition coefficient (Wildman–Crippen LogP) is 3.50. The van der Waals surface area contributed by atoms with Crippen LogP contribution in [0.1, 0.15) is 58.0 Å². The maximum Gasteiger partial charge on any atom is 0.130 e. The molecule has 4 nitrogen and oxygen atoms in total. The SMILES string of the molecule is CCc1cc(NC2CCOC(CC)(CC)C2)nc(C)n1. The lowest BCUT2D eigenvalue weighted by molar-refractivity contribution is -0.0864. The van der Waals surface area contributed by atoms with Crippen molar-refractivity contribution in [3.05, 3.63) is 17.6 Å². The highest BCUT2D eigenvalue weighted by Crippen LogP contribution is 2.32. The Balaban J connectivity index is 2.08. The molecule has 1 atom stereocenters. The van der Waals surface area contributed by atoms with Crippen LogP contribution in [0.4, 0.5) is 5.82 Å². The minimum Gasteiger partial charge on any atom is -0.375 e. The molecule has 1 fully saturated rings. The number of nitrogens with one attached hydrogen (secondary N) is 1. The van der Waals surface area contributed by atoms with Crippen LogP contribution in [0.3, 0.4) is 0 Å². The third kappa shape index (κ3) is 3.48. The number of rotatable bonds is 5. The van der Waals surface area contributed by atoms with Gasteiger partial charge in [-0.1, -0.05) is 20.8 Å². The molecule has 4 heteroatoms. The number of ether oxygens (including phenoxy) is 1. The van der Waals surface area contributed by atoms with E-state index in [1.807, 2.05) is 6.92 Å². The molecular formula is C16H27N3O. The van der Waals surface area contributed by atoms with E-state index < -0.39 is 0 Å². The Kier molecular flexibility index (Phi) is 4.97. The Labute approximate surface area is 122 Å². The Morgan fingerprint density at radius 1 is 1.30 bits per heavy atom. The van der Waals surface area contributed by atoms with Crippen molar-refractivity contribution in [3.63, 3.8) is 0 Å². The van der Waals surface area contributed by atoms with E-state index in [1.54, 1.807) is 0 Å². The second-order valence-electron chi connectivity index (χ2n) is 5.72. The molecule has 0 radical (unpaired) electrons. The first-order valence-corrected chi connectivity index (χ1v) is 7.86. The molecule has 0 spiro atoms. The molecule has 0 amide bonds. The zero-order chi connectivity index (χ0) is 14.6. The van der Waals surface area contributed by atoms with E-state index in [9.17, 15) is 0 Å². The number of hydrogen-bond acceptors (Lipinski definition) is 4. The fraction of sp³-hybridized carbons (Fsp3) is 0.750. The molecule has 1 aliphatic rings. The molecule has 0 aromatic carbocycles. The largest absolute Gasteiger partial charge is 0.375 e. The lowest BCUT2D eigenvalue weighted by Crippen LogP contribution is -2.43. The van der Waals surface area contributed by atoms with Crippen molar-refractivity contribution in [2.75, 3.05) is 11.9 Å². The van der Waals surface area contributed by atoms with Crippen LogP contribution < -0.4 is 5.32 Å². The molecule has 1 aromatic heterocycles. The minimum atomic E-state index is 0.0472. The summed E-state index contributed by atoms with van der Waals surface area (Å²) < 4.78 is 6.03. The molecule has 20 heavy (non-hydrogen) atoms. The summed E-state index contributed by atoms with van der Waals surface area (Å²) in [6.07, 6.45) is 5.20. The maximum atomic E-state index is 6.03. The summed E-state index contributed by atoms with van der Waals surface area (Å²) in [6.45, 7) is 9.35. The van der Waals surface area contributed by atoms with Gasteiger partial charge in [-0.3, -0.25) is 0 Å². The summed E-state index contributed by atoms with van der Waals surface area (Å²) in [6, 6.07) is 2.52. The van der Waals surface area contributed by atoms with Crippen LogP contribution in [0.2, 0.25) is 0 Å². The smallest absolute Gasteiger partial charge is 0.130 e. The van der Waals surface area contributed by atoms with Crippen molar-refractivity contribution in [2.45, 2.75) is 71.4 Å². The van der Waals surface area contributed by atoms with Crippen molar-refractivity contribution in [1.29, 1.82) is 0 Å². The fourth-order valence-corrected chi connectivity index (χ4v) is 2.99. The molecule has 0 saturated carbocycles.